The van der Waals surface area contributed by atoms with Crippen LogP contribution in [0.15, 0.2) is 63.2 Å². The molecule has 4 aromatic rings. The largest absolute Gasteiger partial charge is 0.464 e. The molecule has 148 valence electrons. The van der Waals surface area contributed by atoms with Crippen LogP contribution in [0.2, 0.25) is 0 Å². The zero-order chi connectivity index (χ0) is 20.2. The van der Waals surface area contributed by atoms with Crippen LogP contribution in [0.4, 0.5) is 5.00 Å². The average molecular weight is 411 g/mol. The minimum atomic E-state index is -0.533. The number of nitrogens with zero attached hydrogens (tertiary/aromatic N) is 2. The van der Waals surface area contributed by atoms with E-state index in [0.717, 1.165) is 0 Å². The number of anilines is 1. The number of esters is 1. The second-order valence-electron chi connectivity index (χ2n) is 5.97. The molecule has 0 saturated heterocycles. The van der Waals surface area contributed by atoms with E-state index in [1.165, 1.54) is 17.6 Å². The Balaban J connectivity index is 1.56. The molecule has 4 rings (SSSR count). The maximum atomic E-state index is 12.7. The van der Waals surface area contributed by atoms with Crippen LogP contribution in [-0.4, -0.2) is 28.3 Å². The second kappa shape index (κ2) is 8.19. The van der Waals surface area contributed by atoms with Crippen LogP contribution in [-0.2, 0) is 11.3 Å². The van der Waals surface area contributed by atoms with E-state index in [1.807, 2.05) is 0 Å². The number of hydrogen-bond acceptors (Lipinski definition) is 7. The van der Waals surface area contributed by atoms with Crippen LogP contribution in [0.1, 0.15) is 33.6 Å². The Labute approximate surface area is 169 Å². The summed E-state index contributed by atoms with van der Waals surface area (Å²) < 4.78 is 17.9. The molecule has 0 atom stereocenters. The van der Waals surface area contributed by atoms with Gasteiger partial charge in [0.05, 0.1) is 19.4 Å². The number of carbonyl (C=O) groups excluding carboxylic acids is 2. The van der Waals surface area contributed by atoms with Gasteiger partial charge in [0.25, 0.3) is 5.91 Å². The standard InChI is InChI=1S/C20H17N3O5S/c1-2-26-20(25)17-14(15-5-3-10-27-15)12-29-19(17)22-18(24)16-7-6-13(28-16)11-23-9-4-8-21-23/h3-10,12H,2,11H2,1H3,(H,22,24). The van der Waals surface area contributed by atoms with Gasteiger partial charge in [-0.15, -0.1) is 11.3 Å². The number of hydrogen-bond donors (Lipinski definition) is 1. The molecule has 1 N–H and O–H groups in total. The van der Waals surface area contributed by atoms with Crippen molar-refractivity contribution in [2.45, 2.75) is 13.5 Å². The van der Waals surface area contributed by atoms with Gasteiger partial charge in [0.1, 0.15) is 22.1 Å². The SMILES string of the molecule is CCOC(=O)c1c(-c2ccco2)csc1NC(=O)c1ccc(Cn2cccn2)o1. The monoisotopic (exact) mass is 411 g/mol. The topological polar surface area (TPSA) is 99.5 Å². The van der Waals surface area contributed by atoms with Crippen LogP contribution >= 0.6 is 11.3 Å². The molecule has 4 aromatic heterocycles. The van der Waals surface area contributed by atoms with Crippen molar-refractivity contribution in [1.82, 2.24) is 9.78 Å². The summed E-state index contributed by atoms with van der Waals surface area (Å²) in [6.45, 7) is 2.35. The third kappa shape index (κ3) is 3.99. The van der Waals surface area contributed by atoms with E-state index in [1.54, 1.807) is 59.7 Å². The highest BCUT2D eigenvalue weighted by atomic mass is 32.1. The van der Waals surface area contributed by atoms with Crippen LogP contribution in [0, 0.1) is 0 Å². The summed E-state index contributed by atoms with van der Waals surface area (Å²) in [6.07, 6.45) is 4.99. The quantitative estimate of drug-likeness (QED) is 0.456. The summed E-state index contributed by atoms with van der Waals surface area (Å²) in [5.41, 5.74) is 0.816. The van der Waals surface area contributed by atoms with Crippen molar-refractivity contribution >= 4 is 28.2 Å². The predicted molar refractivity (Wildman–Crippen MR) is 106 cm³/mol. The highest BCUT2D eigenvalue weighted by Crippen LogP contribution is 2.36. The van der Waals surface area contributed by atoms with E-state index in [-0.39, 0.29) is 17.9 Å². The van der Waals surface area contributed by atoms with Gasteiger partial charge in [-0.05, 0) is 37.3 Å². The fraction of sp³-hybridized carbons (Fsp3) is 0.150. The molecule has 29 heavy (non-hydrogen) atoms. The molecule has 0 aliphatic heterocycles. The Bertz CT molecular complexity index is 1110. The zero-order valence-electron chi connectivity index (χ0n) is 15.5. The molecule has 0 fully saturated rings. The number of ether oxygens (including phenoxy) is 1. The van der Waals surface area contributed by atoms with Gasteiger partial charge in [0.2, 0.25) is 0 Å². The minimum absolute atomic E-state index is 0.134. The van der Waals surface area contributed by atoms with Crippen molar-refractivity contribution in [3.8, 4) is 11.3 Å². The Morgan fingerprint density at radius 2 is 2.17 bits per heavy atom. The summed E-state index contributed by atoms with van der Waals surface area (Å²) in [5.74, 6) is 0.246. The van der Waals surface area contributed by atoms with Crippen molar-refractivity contribution in [2.24, 2.45) is 0 Å². The molecule has 0 aromatic carbocycles. The molecule has 1 amide bonds. The van der Waals surface area contributed by atoms with Gasteiger partial charge in [0, 0.05) is 23.3 Å². The lowest BCUT2D eigenvalue weighted by Crippen LogP contribution is -2.14. The lowest BCUT2D eigenvalue weighted by atomic mass is 10.1. The number of carbonyl (C=O) groups is 2. The van der Waals surface area contributed by atoms with Gasteiger partial charge in [-0.3, -0.25) is 9.48 Å². The van der Waals surface area contributed by atoms with E-state index in [0.29, 0.717) is 28.6 Å². The number of furan rings is 2. The molecule has 0 spiro atoms. The molecular formula is C20H17N3O5S. The summed E-state index contributed by atoms with van der Waals surface area (Å²) in [6, 6.07) is 8.57. The van der Waals surface area contributed by atoms with Crippen molar-refractivity contribution in [3.05, 3.63) is 71.5 Å². The van der Waals surface area contributed by atoms with Crippen molar-refractivity contribution < 1.29 is 23.2 Å². The van der Waals surface area contributed by atoms with Gasteiger partial charge in [-0.2, -0.15) is 5.10 Å². The molecular weight excluding hydrogens is 394 g/mol. The first-order valence-electron chi connectivity index (χ1n) is 8.85. The molecule has 0 aliphatic rings. The Hall–Kier alpha value is -3.59. The van der Waals surface area contributed by atoms with Gasteiger partial charge < -0.3 is 18.9 Å². The fourth-order valence-electron chi connectivity index (χ4n) is 2.77. The van der Waals surface area contributed by atoms with E-state index >= 15 is 0 Å². The predicted octanol–water partition coefficient (Wildman–Crippen LogP) is 4.27. The van der Waals surface area contributed by atoms with Crippen molar-refractivity contribution in [3.63, 3.8) is 0 Å². The van der Waals surface area contributed by atoms with E-state index in [9.17, 15) is 9.59 Å². The summed E-state index contributed by atoms with van der Waals surface area (Å²) >= 11 is 1.21. The van der Waals surface area contributed by atoms with Crippen molar-refractivity contribution in [2.75, 3.05) is 11.9 Å². The van der Waals surface area contributed by atoms with Gasteiger partial charge in [0.15, 0.2) is 5.76 Å². The lowest BCUT2D eigenvalue weighted by Gasteiger charge is -2.07. The Morgan fingerprint density at radius 3 is 2.90 bits per heavy atom. The fourth-order valence-corrected chi connectivity index (χ4v) is 3.70. The summed E-state index contributed by atoms with van der Waals surface area (Å²) in [5, 5.41) is 8.96. The Kier molecular flexibility index (Phi) is 5.30. The number of nitrogens with one attached hydrogen (secondary N) is 1. The van der Waals surface area contributed by atoms with E-state index < -0.39 is 11.9 Å². The number of rotatable bonds is 7. The highest BCUT2D eigenvalue weighted by molar-refractivity contribution is 7.15. The molecule has 0 saturated carbocycles. The summed E-state index contributed by atoms with van der Waals surface area (Å²) in [7, 11) is 0. The first kappa shape index (κ1) is 18.8. The zero-order valence-corrected chi connectivity index (χ0v) is 16.3. The maximum absolute atomic E-state index is 12.7. The highest BCUT2D eigenvalue weighted by Gasteiger charge is 2.25. The molecule has 0 aliphatic carbocycles. The van der Waals surface area contributed by atoms with Crippen LogP contribution in [0.3, 0.4) is 0 Å². The molecule has 0 bridgehead atoms. The van der Waals surface area contributed by atoms with Gasteiger partial charge in [-0.1, -0.05) is 0 Å². The van der Waals surface area contributed by atoms with E-state index in [2.05, 4.69) is 10.4 Å². The molecule has 0 unspecified atom stereocenters. The molecule has 4 heterocycles. The summed E-state index contributed by atoms with van der Waals surface area (Å²) in [4.78, 5) is 25.2. The van der Waals surface area contributed by atoms with Crippen LogP contribution < -0.4 is 5.32 Å². The van der Waals surface area contributed by atoms with Crippen LogP contribution in [0.25, 0.3) is 11.3 Å². The normalized spacial score (nSPS) is 10.8. The molecule has 0 radical (unpaired) electrons. The number of amides is 1. The maximum Gasteiger partial charge on any atom is 0.341 e. The van der Waals surface area contributed by atoms with E-state index in [4.69, 9.17) is 13.6 Å². The average Bonchev–Trinajstić information content (AvgIpc) is 3.49. The minimum Gasteiger partial charge on any atom is -0.464 e. The smallest absolute Gasteiger partial charge is 0.341 e. The van der Waals surface area contributed by atoms with Crippen LogP contribution in [0.5, 0.6) is 0 Å². The number of thiophene rings is 1. The second-order valence-corrected chi connectivity index (χ2v) is 6.85. The third-order valence-electron chi connectivity index (χ3n) is 4.05. The van der Waals surface area contributed by atoms with Gasteiger partial charge >= 0.3 is 5.97 Å². The lowest BCUT2D eigenvalue weighted by molar-refractivity contribution is 0.0529. The first-order valence-corrected chi connectivity index (χ1v) is 9.73. The van der Waals surface area contributed by atoms with Gasteiger partial charge in [-0.25, -0.2) is 4.79 Å². The number of aromatic nitrogens is 2. The van der Waals surface area contributed by atoms with Crippen molar-refractivity contribution in [1.29, 1.82) is 0 Å². The third-order valence-corrected chi connectivity index (χ3v) is 4.94. The Morgan fingerprint density at radius 1 is 1.28 bits per heavy atom. The molecule has 8 nitrogen and oxygen atoms in total. The molecule has 9 heteroatoms. The first-order chi connectivity index (χ1) is 14.2.